The molecule has 1 saturated heterocycles. The maximum absolute atomic E-state index is 12.7. The number of benzene rings is 3. The first-order valence-electron chi connectivity index (χ1n) is 9.36. The SMILES string of the molecule is COc1ccccc1/C=N\N=C1S[C@H](C)C(=O)N1Cc1cccc2ccccc12. The van der Waals surface area contributed by atoms with Gasteiger partial charge in [0, 0.05) is 5.56 Å². The lowest BCUT2D eigenvalue weighted by atomic mass is 10.0. The van der Waals surface area contributed by atoms with E-state index < -0.39 is 0 Å². The van der Waals surface area contributed by atoms with Crippen LogP contribution in [0.3, 0.4) is 0 Å². The molecule has 6 heteroatoms. The molecule has 0 radical (unpaired) electrons. The average molecular weight is 404 g/mol. The number of ether oxygens (including phenoxy) is 1. The molecule has 1 fully saturated rings. The Bertz CT molecular complexity index is 1100. The van der Waals surface area contributed by atoms with Gasteiger partial charge in [-0.1, -0.05) is 66.4 Å². The van der Waals surface area contributed by atoms with Gasteiger partial charge in [0.15, 0.2) is 5.17 Å². The third-order valence-electron chi connectivity index (χ3n) is 4.81. The number of nitrogens with zero attached hydrogens (tertiary/aromatic N) is 3. The quantitative estimate of drug-likeness (QED) is 0.458. The van der Waals surface area contributed by atoms with Crippen molar-refractivity contribution in [1.82, 2.24) is 4.90 Å². The van der Waals surface area contributed by atoms with Gasteiger partial charge in [-0.25, -0.2) is 0 Å². The van der Waals surface area contributed by atoms with Crippen molar-refractivity contribution in [1.29, 1.82) is 0 Å². The molecule has 3 aromatic carbocycles. The molecule has 146 valence electrons. The minimum Gasteiger partial charge on any atom is -0.496 e. The number of hydrogen-bond donors (Lipinski definition) is 0. The zero-order chi connectivity index (χ0) is 20.2. The molecule has 3 aromatic rings. The largest absolute Gasteiger partial charge is 0.496 e. The third-order valence-corrected chi connectivity index (χ3v) is 5.88. The first-order valence-corrected chi connectivity index (χ1v) is 10.2. The van der Waals surface area contributed by atoms with Gasteiger partial charge in [-0.05, 0) is 35.4 Å². The highest BCUT2D eigenvalue weighted by atomic mass is 32.2. The lowest BCUT2D eigenvalue weighted by Crippen LogP contribution is -2.30. The normalized spacial score (nSPS) is 18.3. The minimum atomic E-state index is -0.176. The van der Waals surface area contributed by atoms with E-state index >= 15 is 0 Å². The van der Waals surface area contributed by atoms with Crippen LogP contribution < -0.4 is 4.74 Å². The molecule has 1 aliphatic rings. The number of fused-ring (bicyclic) bond motifs is 1. The summed E-state index contributed by atoms with van der Waals surface area (Å²) >= 11 is 1.43. The predicted molar refractivity (Wildman–Crippen MR) is 120 cm³/mol. The smallest absolute Gasteiger partial charge is 0.242 e. The Labute approximate surface area is 174 Å². The van der Waals surface area contributed by atoms with Crippen LogP contribution >= 0.6 is 11.8 Å². The molecule has 0 aliphatic carbocycles. The van der Waals surface area contributed by atoms with Crippen molar-refractivity contribution in [2.24, 2.45) is 10.2 Å². The van der Waals surface area contributed by atoms with Gasteiger partial charge >= 0.3 is 0 Å². The van der Waals surface area contributed by atoms with Gasteiger partial charge in [-0.15, -0.1) is 5.10 Å². The Morgan fingerprint density at radius 1 is 1.07 bits per heavy atom. The zero-order valence-electron chi connectivity index (χ0n) is 16.3. The summed E-state index contributed by atoms with van der Waals surface area (Å²) in [4.78, 5) is 14.5. The molecule has 0 unspecified atom stereocenters. The number of para-hydroxylation sites is 1. The van der Waals surface area contributed by atoms with Crippen molar-refractivity contribution >= 4 is 39.8 Å². The lowest BCUT2D eigenvalue weighted by molar-refractivity contribution is -0.126. The second kappa shape index (κ2) is 8.49. The van der Waals surface area contributed by atoms with Crippen molar-refractivity contribution < 1.29 is 9.53 Å². The molecule has 5 nitrogen and oxygen atoms in total. The molecule has 0 bridgehead atoms. The van der Waals surface area contributed by atoms with Gasteiger partial charge < -0.3 is 4.74 Å². The van der Waals surface area contributed by atoms with Crippen LogP contribution in [0.5, 0.6) is 5.75 Å². The monoisotopic (exact) mass is 403 g/mol. The second-order valence-electron chi connectivity index (χ2n) is 6.69. The van der Waals surface area contributed by atoms with E-state index in [1.54, 1.807) is 18.2 Å². The number of hydrogen-bond acceptors (Lipinski definition) is 5. The maximum atomic E-state index is 12.7. The Kier molecular flexibility index (Phi) is 5.62. The summed E-state index contributed by atoms with van der Waals surface area (Å²) in [6, 6.07) is 21.9. The summed E-state index contributed by atoms with van der Waals surface area (Å²) in [6.45, 7) is 2.37. The summed E-state index contributed by atoms with van der Waals surface area (Å²) < 4.78 is 5.33. The molecular weight excluding hydrogens is 382 g/mol. The van der Waals surface area contributed by atoms with Crippen LogP contribution in [-0.2, 0) is 11.3 Å². The number of carbonyl (C=O) groups is 1. The van der Waals surface area contributed by atoms with Crippen molar-refractivity contribution in [3.63, 3.8) is 0 Å². The average Bonchev–Trinajstić information content (AvgIpc) is 3.02. The number of thioether (sulfide) groups is 1. The van der Waals surface area contributed by atoms with E-state index in [0.29, 0.717) is 11.7 Å². The van der Waals surface area contributed by atoms with Crippen LogP contribution in [-0.4, -0.2) is 34.5 Å². The van der Waals surface area contributed by atoms with E-state index in [1.807, 2.05) is 49.4 Å². The molecular formula is C23H21N3O2S. The standard InChI is InChI=1S/C23H21N3O2S/c1-16-22(27)26(15-19-11-7-10-17-8-3-5-12-20(17)19)23(29-16)25-24-14-18-9-4-6-13-21(18)28-2/h3-14,16H,15H2,1-2H3/b24-14-,25-23?/t16-/m1/s1. The number of carbonyl (C=O) groups excluding carboxylic acids is 1. The van der Waals surface area contributed by atoms with Crippen molar-refractivity contribution in [2.45, 2.75) is 18.7 Å². The maximum Gasteiger partial charge on any atom is 0.242 e. The van der Waals surface area contributed by atoms with E-state index in [1.165, 1.54) is 11.8 Å². The Morgan fingerprint density at radius 3 is 2.69 bits per heavy atom. The van der Waals surface area contributed by atoms with Crippen LogP contribution in [0.4, 0.5) is 0 Å². The molecule has 1 aliphatic heterocycles. The fraction of sp³-hybridized carbons (Fsp3) is 0.174. The van der Waals surface area contributed by atoms with Gasteiger partial charge in [0.1, 0.15) is 5.75 Å². The van der Waals surface area contributed by atoms with E-state index in [2.05, 4.69) is 34.5 Å². The first kappa shape index (κ1) is 19.2. The van der Waals surface area contributed by atoms with E-state index in [-0.39, 0.29) is 11.2 Å². The van der Waals surface area contributed by atoms with Crippen LogP contribution in [0.2, 0.25) is 0 Å². The summed E-state index contributed by atoms with van der Waals surface area (Å²) in [7, 11) is 1.62. The predicted octanol–water partition coefficient (Wildman–Crippen LogP) is 4.70. The van der Waals surface area contributed by atoms with Crippen molar-refractivity contribution in [3.8, 4) is 5.75 Å². The molecule has 0 saturated carbocycles. The Morgan fingerprint density at radius 2 is 1.83 bits per heavy atom. The van der Waals surface area contributed by atoms with E-state index in [4.69, 9.17) is 4.74 Å². The van der Waals surface area contributed by atoms with Gasteiger partial charge in [0.25, 0.3) is 0 Å². The van der Waals surface area contributed by atoms with Crippen LogP contribution in [0, 0.1) is 0 Å². The molecule has 0 spiro atoms. The van der Waals surface area contributed by atoms with Crippen LogP contribution in [0.25, 0.3) is 10.8 Å². The fourth-order valence-electron chi connectivity index (χ4n) is 3.32. The molecule has 29 heavy (non-hydrogen) atoms. The summed E-state index contributed by atoms with van der Waals surface area (Å²) in [5, 5.41) is 11.3. The Balaban J connectivity index is 1.62. The number of amidine groups is 1. The highest BCUT2D eigenvalue weighted by molar-refractivity contribution is 8.15. The molecule has 1 atom stereocenters. The number of methoxy groups -OCH3 is 1. The topological polar surface area (TPSA) is 54.3 Å². The second-order valence-corrected chi connectivity index (χ2v) is 8.00. The van der Waals surface area contributed by atoms with E-state index in [9.17, 15) is 4.79 Å². The van der Waals surface area contributed by atoms with E-state index in [0.717, 1.165) is 27.6 Å². The first-order chi connectivity index (χ1) is 14.2. The zero-order valence-corrected chi connectivity index (χ0v) is 17.1. The minimum absolute atomic E-state index is 0.0502. The van der Waals surface area contributed by atoms with Gasteiger partial charge in [-0.2, -0.15) is 5.10 Å². The molecule has 0 aromatic heterocycles. The third kappa shape index (κ3) is 4.03. The van der Waals surface area contributed by atoms with Crippen LogP contribution in [0.15, 0.2) is 76.9 Å². The van der Waals surface area contributed by atoms with Gasteiger partial charge in [0.05, 0.1) is 25.1 Å². The summed E-state index contributed by atoms with van der Waals surface area (Å²) in [5.41, 5.74) is 1.93. The summed E-state index contributed by atoms with van der Waals surface area (Å²) in [6.07, 6.45) is 1.65. The van der Waals surface area contributed by atoms with Crippen molar-refractivity contribution in [3.05, 3.63) is 77.9 Å². The molecule has 1 heterocycles. The highest BCUT2D eigenvalue weighted by Gasteiger charge is 2.35. The molecule has 4 rings (SSSR count). The fourth-order valence-corrected chi connectivity index (χ4v) is 4.24. The lowest BCUT2D eigenvalue weighted by Gasteiger charge is -2.17. The van der Waals surface area contributed by atoms with Gasteiger partial charge in [0.2, 0.25) is 5.91 Å². The Hall–Kier alpha value is -3.12. The highest BCUT2D eigenvalue weighted by Crippen LogP contribution is 2.30. The molecule has 1 amide bonds. The molecule has 0 N–H and O–H groups in total. The number of rotatable bonds is 5. The van der Waals surface area contributed by atoms with Crippen molar-refractivity contribution in [2.75, 3.05) is 7.11 Å². The summed E-state index contributed by atoms with van der Waals surface area (Å²) in [5.74, 6) is 0.779. The van der Waals surface area contributed by atoms with Gasteiger partial charge in [-0.3, -0.25) is 9.69 Å². The number of amides is 1. The van der Waals surface area contributed by atoms with Crippen LogP contribution in [0.1, 0.15) is 18.1 Å².